The summed E-state index contributed by atoms with van der Waals surface area (Å²) in [7, 11) is 1.30. The fourth-order valence-corrected chi connectivity index (χ4v) is 3.46. The molecule has 0 radical (unpaired) electrons. The van der Waals surface area contributed by atoms with E-state index in [1.165, 1.54) is 7.11 Å². The zero-order valence-electron chi connectivity index (χ0n) is 16.2. The van der Waals surface area contributed by atoms with Gasteiger partial charge in [0.2, 0.25) is 5.91 Å². The second kappa shape index (κ2) is 8.49. The normalized spacial score (nSPS) is 17.8. The maximum absolute atomic E-state index is 13.1. The SMILES string of the molecule is CCC(=O)N(C[C@@H]1CCCO1)[C@@H](C)C(=O)c1c(C)[nH]c(C(=O)OC)c1C. The Morgan fingerprint density at radius 2 is 2.04 bits per heavy atom. The van der Waals surface area contributed by atoms with Crippen LogP contribution in [0.1, 0.15) is 65.2 Å². The number of nitrogens with zero attached hydrogens (tertiary/aromatic N) is 1. The number of rotatable bonds is 7. The molecule has 0 aromatic carbocycles. The van der Waals surface area contributed by atoms with Crippen LogP contribution in [0.5, 0.6) is 0 Å². The number of aromatic nitrogens is 1. The molecule has 1 saturated heterocycles. The summed E-state index contributed by atoms with van der Waals surface area (Å²) >= 11 is 0. The first-order valence-electron chi connectivity index (χ1n) is 9.04. The third-order valence-electron chi connectivity index (χ3n) is 4.97. The smallest absolute Gasteiger partial charge is 0.354 e. The lowest BCUT2D eigenvalue weighted by molar-refractivity contribution is -0.133. The van der Waals surface area contributed by atoms with E-state index in [2.05, 4.69) is 4.98 Å². The Morgan fingerprint density at radius 1 is 1.35 bits per heavy atom. The van der Waals surface area contributed by atoms with Crippen molar-refractivity contribution < 1.29 is 23.9 Å². The van der Waals surface area contributed by atoms with Crippen LogP contribution in [0.4, 0.5) is 0 Å². The Labute approximate surface area is 154 Å². The Kier molecular flexibility index (Phi) is 6.58. The van der Waals surface area contributed by atoms with Gasteiger partial charge < -0.3 is 19.4 Å². The van der Waals surface area contributed by atoms with Gasteiger partial charge in [-0.05, 0) is 39.2 Å². The van der Waals surface area contributed by atoms with Crippen molar-refractivity contribution in [2.45, 2.75) is 59.1 Å². The third kappa shape index (κ3) is 3.98. The minimum atomic E-state index is -0.634. The molecule has 144 valence electrons. The van der Waals surface area contributed by atoms with Gasteiger partial charge in [-0.25, -0.2) is 4.79 Å². The van der Waals surface area contributed by atoms with Gasteiger partial charge in [0.25, 0.3) is 0 Å². The molecule has 7 nitrogen and oxygen atoms in total. The van der Waals surface area contributed by atoms with E-state index in [1.54, 1.807) is 32.6 Å². The summed E-state index contributed by atoms with van der Waals surface area (Å²) in [5, 5.41) is 0. The molecule has 1 aliphatic rings. The Hall–Kier alpha value is -2.15. The summed E-state index contributed by atoms with van der Waals surface area (Å²) in [5.74, 6) is -0.787. The number of hydrogen-bond acceptors (Lipinski definition) is 5. The van der Waals surface area contributed by atoms with E-state index < -0.39 is 12.0 Å². The van der Waals surface area contributed by atoms with Crippen LogP contribution in [0.15, 0.2) is 0 Å². The molecule has 0 aliphatic carbocycles. The minimum absolute atomic E-state index is 0.0280. The number of H-pyrrole nitrogens is 1. The van der Waals surface area contributed by atoms with E-state index in [-0.39, 0.29) is 23.5 Å². The van der Waals surface area contributed by atoms with Crippen LogP contribution in [-0.2, 0) is 14.3 Å². The zero-order chi connectivity index (χ0) is 19.4. The number of hydrogen-bond donors (Lipinski definition) is 1. The first-order valence-corrected chi connectivity index (χ1v) is 9.04. The predicted octanol–water partition coefficient (Wildman–Crippen LogP) is 2.41. The van der Waals surface area contributed by atoms with Crippen LogP contribution in [-0.4, -0.2) is 60.0 Å². The fraction of sp³-hybridized carbons (Fsp3) is 0.632. The maximum Gasteiger partial charge on any atom is 0.354 e. The minimum Gasteiger partial charge on any atom is -0.464 e. The van der Waals surface area contributed by atoms with E-state index in [0.717, 1.165) is 12.8 Å². The van der Waals surface area contributed by atoms with Crippen molar-refractivity contribution in [3.63, 3.8) is 0 Å². The van der Waals surface area contributed by atoms with Gasteiger partial charge in [-0.3, -0.25) is 9.59 Å². The lowest BCUT2D eigenvalue weighted by Gasteiger charge is -2.30. The van der Waals surface area contributed by atoms with Crippen LogP contribution in [0.3, 0.4) is 0 Å². The third-order valence-corrected chi connectivity index (χ3v) is 4.97. The number of amides is 1. The number of carbonyl (C=O) groups is 3. The number of ether oxygens (including phenoxy) is 2. The monoisotopic (exact) mass is 364 g/mol. The van der Waals surface area contributed by atoms with Gasteiger partial charge in [-0.1, -0.05) is 6.92 Å². The lowest BCUT2D eigenvalue weighted by atomic mass is 9.99. The van der Waals surface area contributed by atoms with Crippen LogP contribution in [0.25, 0.3) is 0 Å². The van der Waals surface area contributed by atoms with Crippen LogP contribution >= 0.6 is 0 Å². The highest BCUT2D eigenvalue weighted by molar-refractivity contribution is 6.06. The number of ketones is 1. The summed E-state index contributed by atoms with van der Waals surface area (Å²) < 4.78 is 10.4. The largest absolute Gasteiger partial charge is 0.464 e. The van der Waals surface area contributed by atoms with E-state index in [1.807, 2.05) is 0 Å². The molecule has 0 saturated carbocycles. The molecule has 0 bridgehead atoms. The van der Waals surface area contributed by atoms with Crippen molar-refractivity contribution in [3.05, 3.63) is 22.5 Å². The summed E-state index contributed by atoms with van der Waals surface area (Å²) in [5.41, 5.74) is 1.86. The van der Waals surface area contributed by atoms with E-state index in [0.29, 0.717) is 36.4 Å². The summed E-state index contributed by atoms with van der Waals surface area (Å²) in [6.07, 6.45) is 2.16. The quantitative estimate of drug-likeness (QED) is 0.593. The highest BCUT2D eigenvalue weighted by Crippen LogP contribution is 2.23. The van der Waals surface area contributed by atoms with Crippen molar-refractivity contribution in [3.8, 4) is 0 Å². The topological polar surface area (TPSA) is 88.7 Å². The molecule has 7 heteroatoms. The van der Waals surface area contributed by atoms with E-state index >= 15 is 0 Å². The first-order chi connectivity index (χ1) is 12.3. The maximum atomic E-state index is 13.1. The van der Waals surface area contributed by atoms with Gasteiger partial charge in [0.05, 0.1) is 19.3 Å². The number of carbonyl (C=O) groups excluding carboxylic acids is 3. The average Bonchev–Trinajstić information content (AvgIpc) is 3.24. The van der Waals surface area contributed by atoms with Gasteiger partial charge in [-0.2, -0.15) is 0 Å². The molecule has 1 aliphatic heterocycles. The fourth-order valence-electron chi connectivity index (χ4n) is 3.46. The Bertz CT molecular complexity index is 688. The van der Waals surface area contributed by atoms with Gasteiger partial charge in [-0.15, -0.1) is 0 Å². The summed E-state index contributed by atoms with van der Waals surface area (Å²) in [6, 6.07) is -0.634. The summed E-state index contributed by atoms with van der Waals surface area (Å²) in [6.45, 7) is 8.07. The number of aromatic amines is 1. The number of Topliss-reactive ketones (excluding diaryl/α,β-unsaturated/α-hetero) is 1. The predicted molar refractivity (Wildman–Crippen MR) is 96.4 cm³/mol. The van der Waals surface area contributed by atoms with Crippen molar-refractivity contribution in [2.24, 2.45) is 0 Å². The second-order valence-electron chi connectivity index (χ2n) is 6.69. The number of methoxy groups -OCH3 is 1. The molecule has 1 aromatic rings. The first kappa shape index (κ1) is 20.2. The number of aryl methyl sites for hydroxylation is 1. The van der Waals surface area contributed by atoms with Crippen molar-refractivity contribution in [1.82, 2.24) is 9.88 Å². The van der Waals surface area contributed by atoms with E-state index in [4.69, 9.17) is 9.47 Å². The Balaban J connectivity index is 2.29. The lowest BCUT2D eigenvalue weighted by Crippen LogP contribution is -2.46. The standard InChI is InChI=1S/C19H28N2O5/c1-6-15(22)21(10-14-8-7-9-26-14)13(4)18(23)16-11(2)17(19(24)25-5)20-12(16)3/h13-14,20H,6-10H2,1-5H3/t13-,14-/m0/s1. The van der Waals surface area contributed by atoms with Gasteiger partial charge in [0.1, 0.15) is 5.69 Å². The van der Waals surface area contributed by atoms with Crippen molar-refractivity contribution in [1.29, 1.82) is 0 Å². The van der Waals surface area contributed by atoms with Crippen molar-refractivity contribution >= 4 is 17.7 Å². The molecular formula is C19H28N2O5. The van der Waals surface area contributed by atoms with Crippen LogP contribution in [0, 0.1) is 13.8 Å². The average molecular weight is 364 g/mol. The molecule has 2 atom stereocenters. The highest BCUT2D eigenvalue weighted by atomic mass is 16.5. The Morgan fingerprint density at radius 3 is 2.58 bits per heavy atom. The van der Waals surface area contributed by atoms with Crippen molar-refractivity contribution in [2.75, 3.05) is 20.3 Å². The molecule has 1 amide bonds. The molecular weight excluding hydrogens is 336 g/mol. The highest BCUT2D eigenvalue weighted by Gasteiger charge is 2.32. The molecule has 0 unspecified atom stereocenters. The van der Waals surface area contributed by atoms with Crippen LogP contribution < -0.4 is 0 Å². The molecule has 26 heavy (non-hydrogen) atoms. The molecule has 0 spiro atoms. The molecule has 1 aromatic heterocycles. The molecule has 2 rings (SSSR count). The summed E-state index contributed by atoms with van der Waals surface area (Å²) in [4.78, 5) is 42.0. The zero-order valence-corrected chi connectivity index (χ0v) is 16.2. The molecule has 1 N–H and O–H groups in total. The molecule has 1 fully saturated rings. The van der Waals surface area contributed by atoms with Crippen LogP contribution in [0.2, 0.25) is 0 Å². The van der Waals surface area contributed by atoms with Gasteiger partial charge in [0, 0.05) is 30.8 Å². The van der Waals surface area contributed by atoms with E-state index in [9.17, 15) is 14.4 Å². The number of nitrogens with one attached hydrogen (secondary N) is 1. The van der Waals surface area contributed by atoms with Gasteiger partial charge in [0.15, 0.2) is 5.78 Å². The van der Waals surface area contributed by atoms with Gasteiger partial charge >= 0.3 is 5.97 Å². The number of esters is 1. The second-order valence-corrected chi connectivity index (χ2v) is 6.69. The molecule has 2 heterocycles.